The Balaban J connectivity index is 2.13. The van der Waals surface area contributed by atoms with Crippen molar-refractivity contribution >= 4 is 21.8 Å². The maximum absolute atomic E-state index is 13.0. The third-order valence-electron chi connectivity index (χ3n) is 6.10. The van der Waals surface area contributed by atoms with Crippen molar-refractivity contribution in [1.82, 2.24) is 4.90 Å². The van der Waals surface area contributed by atoms with E-state index >= 15 is 0 Å². The number of halogens is 4. The number of carbonyl (C=O) groups excluding carboxylic acids is 1. The fraction of sp³-hybridized carbons (Fsp3) is 0.588. The van der Waals surface area contributed by atoms with Crippen LogP contribution in [0.15, 0.2) is 22.7 Å². The smallest absolute Gasteiger partial charge is 0.331 e. The van der Waals surface area contributed by atoms with Crippen molar-refractivity contribution in [3.63, 3.8) is 0 Å². The molecule has 1 aromatic rings. The van der Waals surface area contributed by atoms with Crippen LogP contribution in [0.4, 0.5) is 13.2 Å². The van der Waals surface area contributed by atoms with Crippen molar-refractivity contribution in [2.75, 3.05) is 6.54 Å². The average Bonchev–Trinajstić information content (AvgIpc) is 2.42. The summed E-state index contributed by atoms with van der Waals surface area (Å²) in [4.78, 5) is 12.9. The van der Waals surface area contributed by atoms with Crippen molar-refractivity contribution < 1.29 is 18.0 Å². The number of fused-ring (bicyclic) bond motifs is 4. The van der Waals surface area contributed by atoms with Crippen LogP contribution in [-0.4, -0.2) is 29.6 Å². The van der Waals surface area contributed by atoms with Crippen molar-refractivity contribution in [3.8, 4) is 0 Å². The van der Waals surface area contributed by atoms with E-state index in [1.807, 2.05) is 26.0 Å². The average molecular weight is 390 g/mol. The van der Waals surface area contributed by atoms with Gasteiger partial charge >= 0.3 is 12.1 Å². The summed E-state index contributed by atoms with van der Waals surface area (Å²) in [6, 6.07) is 5.49. The van der Waals surface area contributed by atoms with Crippen LogP contribution in [0.3, 0.4) is 0 Å². The van der Waals surface area contributed by atoms with E-state index in [9.17, 15) is 18.0 Å². The maximum atomic E-state index is 13.0. The number of piperidine rings is 1. The number of hydrogen-bond donors (Lipinski definition) is 0. The van der Waals surface area contributed by atoms with E-state index in [1.54, 1.807) is 0 Å². The Hall–Kier alpha value is -1.04. The molecule has 1 aliphatic carbocycles. The molecular weight excluding hydrogens is 371 g/mol. The summed E-state index contributed by atoms with van der Waals surface area (Å²) in [7, 11) is 0. The molecule has 1 heterocycles. The van der Waals surface area contributed by atoms with Gasteiger partial charge in [0, 0.05) is 22.5 Å². The molecule has 2 bridgehead atoms. The number of carbonyl (C=O) groups is 1. The Morgan fingerprint density at radius 3 is 2.57 bits per heavy atom. The molecule has 0 saturated carbocycles. The molecule has 0 N–H and O–H groups in total. The molecule has 0 unspecified atom stereocenters. The fourth-order valence-electron chi connectivity index (χ4n) is 4.31. The quantitative estimate of drug-likeness (QED) is 0.641. The highest BCUT2D eigenvalue weighted by Crippen LogP contribution is 2.57. The van der Waals surface area contributed by atoms with Gasteiger partial charge in [-0.05, 0) is 35.4 Å². The maximum Gasteiger partial charge on any atom is 0.471 e. The van der Waals surface area contributed by atoms with Crippen LogP contribution in [0, 0.1) is 5.41 Å². The van der Waals surface area contributed by atoms with Crippen LogP contribution >= 0.6 is 15.9 Å². The van der Waals surface area contributed by atoms with Crippen molar-refractivity contribution in [3.05, 3.63) is 33.8 Å². The Labute approximate surface area is 142 Å². The summed E-state index contributed by atoms with van der Waals surface area (Å²) in [5, 5.41) is 0. The zero-order valence-electron chi connectivity index (χ0n) is 13.3. The van der Waals surface area contributed by atoms with Crippen LogP contribution < -0.4 is 0 Å². The monoisotopic (exact) mass is 389 g/mol. The Kier molecular flexibility index (Phi) is 3.64. The van der Waals surface area contributed by atoms with E-state index in [-0.39, 0.29) is 12.0 Å². The van der Waals surface area contributed by atoms with Gasteiger partial charge in [-0.3, -0.25) is 4.79 Å². The predicted octanol–water partition coefficient (Wildman–Crippen LogP) is 4.45. The highest BCUT2D eigenvalue weighted by atomic mass is 79.9. The van der Waals surface area contributed by atoms with Gasteiger partial charge in [-0.25, -0.2) is 0 Å². The normalized spacial score (nSPS) is 29.2. The first kappa shape index (κ1) is 16.8. The lowest BCUT2D eigenvalue weighted by atomic mass is 9.51. The molecule has 23 heavy (non-hydrogen) atoms. The first-order valence-electron chi connectivity index (χ1n) is 7.66. The van der Waals surface area contributed by atoms with E-state index in [0.717, 1.165) is 14.9 Å². The second-order valence-corrected chi connectivity index (χ2v) is 8.14. The summed E-state index contributed by atoms with van der Waals surface area (Å²) >= 11 is 3.52. The zero-order chi connectivity index (χ0) is 17.2. The van der Waals surface area contributed by atoms with Gasteiger partial charge in [0.15, 0.2) is 0 Å². The topological polar surface area (TPSA) is 20.3 Å². The Morgan fingerprint density at radius 1 is 1.30 bits per heavy atom. The van der Waals surface area contributed by atoms with Gasteiger partial charge in [-0.1, -0.05) is 48.8 Å². The highest BCUT2D eigenvalue weighted by Gasteiger charge is 2.59. The molecule has 0 aromatic heterocycles. The number of nitrogens with zero attached hydrogens (tertiary/aromatic N) is 1. The van der Waals surface area contributed by atoms with Crippen LogP contribution in [0.2, 0.25) is 0 Å². The summed E-state index contributed by atoms with van der Waals surface area (Å²) in [5.74, 6) is -1.71. The van der Waals surface area contributed by atoms with Crippen molar-refractivity contribution in [1.29, 1.82) is 0 Å². The van der Waals surface area contributed by atoms with Crippen LogP contribution in [0.1, 0.15) is 38.3 Å². The SMILES string of the molecule is CC1(C)[C@H]2Cc3c(Br)cccc3[C@]1(C)CCN2C(=O)C(F)(F)F. The molecule has 6 heteroatoms. The van der Waals surface area contributed by atoms with E-state index < -0.39 is 23.5 Å². The van der Waals surface area contributed by atoms with E-state index in [4.69, 9.17) is 0 Å². The number of amides is 1. The van der Waals surface area contributed by atoms with Crippen LogP contribution in [0.25, 0.3) is 0 Å². The number of alkyl halides is 3. The Bertz CT molecular complexity index is 670. The van der Waals surface area contributed by atoms with Crippen LogP contribution in [-0.2, 0) is 16.6 Å². The lowest BCUT2D eigenvalue weighted by molar-refractivity contribution is -0.195. The number of likely N-dealkylation sites (tertiary alicyclic amines) is 1. The molecule has 1 aliphatic heterocycles. The van der Waals surface area contributed by atoms with Crippen molar-refractivity contribution in [2.45, 2.75) is 51.2 Å². The second-order valence-electron chi connectivity index (χ2n) is 7.29. The lowest BCUT2D eigenvalue weighted by Gasteiger charge is -2.60. The second kappa shape index (κ2) is 4.98. The number of benzene rings is 1. The molecule has 126 valence electrons. The molecule has 2 atom stereocenters. The molecule has 1 fully saturated rings. The molecule has 0 spiro atoms. The largest absolute Gasteiger partial charge is 0.471 e. The minimum absolute atomic E-state index is 0.148. The molecule has 1 saturated heterocycles. The fourth-order valence-corrected chi connectivity index (χ4v) is 4.84. The number of rotatable bonds is 0. The van der Waals surface area contributed by atoms with Gasteiger partial charge in [-0.15, -0.1) is 0 Å². The first-order chi connectivity index (χ1) is 10.5. The van der Waals surface area contributed by atoms with E-state index in [0.29, 0.717) is 12.8 Å². The summed E-state index contributed by atoms with van der Waals surface area (Å²) in [6.07, 6.45) is -3.85. The van der Waals surface area contributed by atoms with Crippen LogP contribution in [0.5, 0.6) is 0 Å². The van der Waals surface area contributed by atoms with Gasteiger partial charge in [0.05, 0.1) is 0 Å². The minimum Gasteiger partial charge on any atom is -0.331 e. The van der Waals surface area contributed by atoms with Gasteiger partial charge in [0.2, 0.25) is 0 Å². The summed E-state index contributed by atoms with van der Waals surface area (Å²) in [6.45, 7) is 6.23. The minimum atomic E-state index is -4.82. The van der Waals surface area contributed by atoms with E-state index in [1.165, 1.54) is 5.56 Å². The lowest BCUT2D eigenvalue weighted by Crippen LogP contribution is -2.66. The molecule has 2 nitrogen and oxygen atoms in total. The molecule has 0 radical (unpaired) electrons. The highest BCUT2D eigenvalue weighted by molar-refractivity contribution is 9.10. The number of hydrogen-bond acceptors (Lipinski definition) is 1. The third kappa shape index (κ3) is 2.24. The van der Waals surface area contributed by atoms with Gasteiger partial charge in [0.1, 0.15) is 0 Å². The zero-order valence-corrected chi connectivity index (χ0v) is 14.9. The standard InChI is InChI=1S/C17H19BrF3NO/c1-15(2)13-9-10-11(5-4-6-12(10)18)16(15,3)7-8-22(13)14(23)17(19,20)21/h4-6,13H,7-9H2,1-3H3/t13-,16+/m1/s1. The van der Waals surface area contributed by atoms with Gasteiger partial charge < -0.3 is 4.90 Å². The Morgan fingerprint density at radius 2 is 1.96 bits per heavy atom. The first-order valence-corrected chi connectivity index (χ1v) is 8.45. The summed E-state index contributed by atoms with van der Waals surface area (Å²) < 4.78 is 39.8. The third-order valence-corrected chi connectivity index (χ3v) is 6.84. The molecule has 2 aliphatic rings. The molecule has 1 amide bonds. The van der Waals surface area contributed by atoms with Gasteiger partial charge in [-0.2, -0.15) is 13.2 Å². The summed E-state index contributed by atoms with van der Waals surface area (Å²) in [5.41, 5.74) is 1.53. The predicted molar refractivity (Wildman–Crippen MR) is 85.2 cm³/mol. The molecular formula is C17H19BrF3NO. The van der Waals surface area contributed by atoms with E-state index in [2.05, 4.69) is 28.9 Å². The molecule has 3 rings (SSSR count). The van der Waals surface area contributed by atoms with Crippen molar-refractivity contribution in [2.24, 2.45) is 5.41 Å². The molecule has 1 aromatic carbocycles. The van der Waals surface area contributed by atoms with Gasteiger partial charge in [0.25, 0.3) is 0 Å².